The van der Waals surface area contributed by atoms with Gasteiger partial charge in [-0.25, -0.2) is 0 Å². The Kier molecular flexibility index (Phi) is 7.39. The SMILES string of the molecule is C=CC(C)(C)Oc1ccc(C(=O)C=Cc2ccc(OCC=C(C)C)cc2)cc1. The van der Waals surface area contributed by atoms with E-state index in [9.17, 15) is 4.79 Å². The quantitative estimate of drug-likeness (QED) is 0.294. The van der Waals surface area contributed by atoms with Gasteiger partial charge >= 0.3 is 0 Å². The highest BCUT2D eigenvalue weighted by atomic mass is 16.5. The van der Waals surface area contributed by atoms with E-state index >= 15 is 0 Å². The van der Waals surface area contributed by atoms with Gasteiger partial charge in [0.25, 0.3) is 0 Å². The Labute approximate surface area is 168 Å². The highest BCUT2D eigenvalue weighted by Crippen LogP contribution is 2.20. The van der Waals surface area contributed by atoms with Crippen molar-refractivity contribution in [2.75, 3.05) is 6.61 Å². The first-order valence-corrected chi connectivity index (χ1v) is 9.30. The Hall–Kier alpha value is -3.07. The predicted molar refractivity (Wildman–Crippen MR) is 116 cm³/mol. The maximum Gasteiger partial charge on any atom is 0.185 e. The molecule has 2 aromatic rings. The average Bonchev–Trinajstić information content (AvgIpc) is 2.67. The summed E-state index contributed by atoms with van der Waals surface area (Å²) in [5.74, 6) is 1.45. The number of carbonyl (C=O) groups is 1. The van der Waals surface area contributed by atoms with Gasteiger partial charge in [0.05, 0.1) is 0 Å². The molecule has 2 aromatic carbocycles. The number of carbonyl (C=O) groups excluding carboxylic acids is 1. The summed E-state index contributed by atoms with van der Waals surface area (Å²) in [5, 5.41) is 0. The monoisotopic (exact) mass is 376 g/mol. The Bertz CT molecular complexity index is 850. The van der Waals surface area contributed by atoms with E-state index in [2.05, 4.69) is 6.58 Å². The largest absolute Gasteiger partial charge is 0.490 e. The van der Waals surface area contributed by atoms with Crippen molar-refractivity contribution < 1.29 is 14.3 Å². The molecule has 0 fully saturated rings. The molecular weight excluding hydrogens is 348 g/mol. The maximum atomic E-state index is 12.4. The fourth-order valence-corrected chi connectivity index (χ4v) is 2.28. The van der Waals surface area contributed by atoms with Crippen LogP contribution in [0.3, 0.4) is 0 Å². The minimum atomic E-state index is -0.451. The van der Waals surface area contributed by atoms with Gasteiger partial charge in [-0.3, -0.25) is 4.79 Å². The van der Waals surface area contributed by atoms with E-state index < -0.39 is 5.60 Å². The third-order valence-electron chi connectivity index (χ3n) is 4.06. The summed E-state index contributed by atoms with van der Waals surface area (Å²) in [7, 11) is 0. The van der Waals surface area contributed by atoms with Crippen LogP contribution in [0.1, 0.15) is 43.6 Å². The molecule has 2 rings (SSSR count). The molecule has 28 heavy (non-hydrogen) atoms. The van der Waals surface area contributed by atoms with E-state index in [4.69, 9.17) is 9.47 Å². The topological polar surface area (TPSA) is 35.5 Å². The summed E-state index contributed by atoms with van der Waals surface area (Å²) in [6.45, 7) is 12.2. The van der Waals surface area contributed by atoms with Gasteiger partial charge in [0.15, 0.2) is 5.78 Å². The molecule has 0 aliphatic rings. The lowest BCUT2D eigenvalue weighted by atomic mass is 10.1. The van der Waals surface area contributed by atoms with Gasteiger partial charge in [-0.2, -0.15) is 0 Å². The van der Waals surface area contributed by atoms with Crippen molar-refractivity contribution >= 4 is 11.9 Å². The summed E-state index contributed by atoms with van der Waals surface area (Å²) < 4.78 is 11.4. The van der Waals surface area contributed by atoms with Gasteiger partial charge in [-0.15, -0.1) is 0 Å². The molecule has 0 bridgehead atoms. The molecule has 0 aliphatic heterocycles. The van der Waals surface area contributed by atoms with Crippen molar-refractivity contribution in [1.29, 1.82) is 0 Å². The number of ether oxygens (including phenoxy) is 2. The van der Waals surface area contributed by atoms with Crippen LogP contribution in [0, 0.1) is 0 Å². The Morgan fingerprint density at radius 2 is 1.61 bits per heavy atom. The number of rotatable bonds is 9. The van der Waals surface area contributed by atoms with Crippen LogP contribution in [-0.2, 0) is 0 Å². The lowest BCUT2D eigenvalue weighted by molar-refractivity contribution is 0.104. The van der Waals surface area contributed by atoms with Crippen LogP contribution in [-0.4, -0.2) is 18.0 Å². The number of benzene rings is 2. The first-order chi connectivity index (χ1) is 13.3. The lowest BCUT2D eigenvalue weighted by Crippen LogP contribution is -2.24. The zero-order valence-corrected chi connectivity index (χ0v) is 17.1. The molecule has 0 radical (unpaired) electrons. The van der Waals surface area contributed by atoms with Crippen molar-refractivity contribution in [3.05, 3.63) is 90.0 Å². The molecule has 0 aliphatic carbocycles. The standard InChI is InChI=1S/C25H28O3/c1-6-25(4,5)28-23-14-10-21(11-15-23)24(26)16-9-20-7-12-22(13-8-20)27-18-17-19(2)3/h6-17H,1,18H2,2-5H3. The Morgan fingerprint density at radius 3 is 2.18 bits per heavy atom. The van der Waals surface area contributed by atoms with Crippen LogP contribution in [0.2, 0.25) is 0 Å². The Balaban J connectivity index is 1.95. The van der Waals surface area contributed by atoms with Gasteiger partial charge in [0, 0.05) is 5.56 Å². The molecule has 0 saturated carbocycles. The molecule has 0 amide bonds. The van der Waals surface area contributed by atoms with E-state index in [1.54, 1.807) is 42.5 Å². The number of ketones is 1. The minimum absolute atomic E-state index is 0.0570. The summed E-state index contributed by atoms with van der Waals surface area (Å²) >= 11 is 0. The smallest absolute Gasteiger partial charge is 0.185 e. The van der Waals surface area contributed by atoms with Crippen LogP contribution >= 0.6 is 0 Å². The first-order valence-electron chi connectivity index (χ1n) is 9.30. The molecule has 0 saturated heterocycles. The molecule has 3 nitrogen and oxygen atoms in total. The summed E-state index contributed by atoms with van der Waals surface area (Å²) in [5.41, 5.74) is 2.33. The van der Waals surface area contributed by atoms with E-state index in [1.165, 1.54) is 5.57 Å². The fraction of sp³-hybridized carbons (Fsp3) is 0.240. The maximum absolute atomic E-state index is 12.4. The molecule has 0 aromatic heterocycles. The highest BCUT2D eigenvalue weighted by molar-refractivity contribution is 6.06. The molecular formula is C25H28O3. The van der Waals surface area contributed by atoms with Crippen LogP contribution < -0.4 is 9.47 Å². The van der Waals surface area contributed by atoms with Crippen LogP contribution in [0.25, 0.3) is 6.08 Å². The van der Waals surface area contributed by atoms with Crippen LogP contribution in [0.15, 0.2) is 78.9 Å². The third-order valence-corrected chi connectivity index (χ3v) is 4.06. The van der Waals surface area contributed by atoms with E-state index in [1.807, 2.05) is 58.0 Å². The third kappa shape index (κ3) is 6.92. The lowest BCUT2D eigenvalue weighted by Gasteiger charge is -2.22. The molecule has 3 heteroatoms. The van der Waals surface area contributed by atoms with Gasteiger partial charge in [0.2, 0.25) is 0 Å². The normalized spacial score (nSPS) is 11.1. The zero-order chi connectivity index (χ0) is 20.6. The second-order valence-electron chi connectivity index (χ2n) is 7.29. The van der Waals surface area contributed by atoms with Crippen molar-refractivity contribution in [2.24, 2.45) is 0 Å². The van der Waals surface area contributed by atoms with E-state index in [0.29, 0.717) is 17.9 Å². The Morgan fingerprint density at radius 1 is 1.00 bits per heavy atom. The van der Waals surface area contributed by atoms with Crippen LogP contribution in [0.4, 0.5) is 0 Å². The van der Waals surface area contributed by atoms with E-state index in [0.717, 1.165) is 11.3 Å². The van der Waals surface area contributed by atoms with Gasteiger partial charge in [0.1, 0.15) is 23.7 Å². The second-order valence-corrected chi connectivity index (χ2v) is 7.29. The zero-order valence-electron chi connectivity index (χ0n) is 17.1. The number of hydrogen-bond acceptors (Lipinski definition) is 3. The molecule has 146 valence electrons. The van der Waals surface area contributed by atoms with Gasteiger partial charge in [-0.05, 0) is 87.9 Å². The van der Waals surface area contributed by atoms with Crippen molar-refractivity contribution in [2.45, 2.75) is 33.3 Å². The highest BCUT2D eigenvalue weighted by Gasteiger charge is 2.14. The minimum Gasteiger partial charge on any atom is -0.490 e. The molecule has 0 N–H and O–H groups in total. The molecule has 0 spiro atoms. The number of allylic oxidation sites excluding steroid dienone is 2. The molecule has 0 unspecified atom stereocenters. The summed E-state index contributed by atoms with van der Waals surface area (Å²) in [6.07, 6.45) is 7.14. The van der Waals surface area contributed by atoms with Crippen LogP contribution in [0.5, 0.6) is 11.5 Å². The van der Waals surface area contributed by atoms with Crippen molar-refractivity contribution in [3.8, 4) is 11.5 Å². The van der Waals surface area contributed by atoms with Gasteiger partial charge in [-0.1, -0.05) is 30.4 Å². The summed E-state index contributed by atoms with van der Waals surface area (Å²) in [4.78, 5) is 12.4. The van der Waals surface area contributed by atoms with Crippen molar-refractivity contribution in [3.63, 3.8) is 0 Å². The average molecular weight is 376 g/mol. The second kappa shape index (κ2) is 9.75. The fourth-order valence-electron chi connectivity index (χ4n) is 2.28. The van der Waals surface area contributed by atoms with Gasteiger partial charge < -0.3 is 9.47 Å². The molecule has 0 heterocycles. The predicted octanol–water partition coefficient (Wildman–Crippen LogP) is 6.27. The van der Waals surface area contributed by atoms with E-state index in [-0.39, 0.29) is 5.78 Å². The first kappa shape index (κ1) is 21.2. The van der Waals surface area contributed by atoms with Crippen molar-refractivity contribution in [1.82, 2.24) is 0 Å². The molecule has 0 atom stereocenters. The number of hydrogen-bond donors (Lipinski definition) is 0. The summed E-state index contributed by atoms with van der Waals surface area (Å²) in [6, 6.07) is 14.8.